The summed E-state index contributed by atoms with van der Waals surface area (Å²) >= 11 is 1.57. The van der Waals surface area contributed by atoms with Crippen molar-refractivity contribution in [1.82, 2.24) is 9.55 Å². The van der Waals surface area contributed by atoms with Crippen molar-refractivity contribution in [1.29, 1.82) is 0 Å². The van der Waals surface area contributed by atoms with Gasteiger partial charge in [0.2, 0.25) is 5.95 Å². The number of fused-ring (bicyclic) bond motifs is 1. The van der Waals surface area contributed by atoms with Gasteiger partial charge in [0.1, 0.15) is 5.03 Å². The summed E-state index contributed by atoms with van der Waals surface area (Å²) in [7, 11) is 0. The molecule has 0 aliphatic carbocycles. The molecule has 5 heteroatoms. The average molecular weight is 424 g/mol. The molecule has 0 radical (unpaired) electrons. The number of hydrogen-bond acceptors (Lipinski definition) is 4. The molecule has 1 unspecified atom stereocenters. The van der Waals surface area contributed by atoms with Crippen molar-refractivity contribution in [2.75, 3.05) is 5.32 Å². The van der Waals surface area contributed by atoms with Crippen LogP contribution in [0.3, 0.4) is 0 Å². The summed E-state index contributed by atoms with van der Waals surface area (Å²) in [5.74, 6) is 1.33. The zero-order valence-corrected chi connectivity index (χ0v) is 17.6. The van der Waals surface area contributed by atoms with E-state index in [2.05, 4.69) is 35.7 Å². The van der Waals surface area contributed by atoms with Crippen LogP contribution >= 0.6 is 11.8 Å². The topological polar surface area (TPSA) is 46.9 Å². The Bertz CT molecular complexity index is 1270. The molecule has 3 aromatic carbocycles. The first-order valence-electron chi connectivity index (χ1n) is 10.2. The van der Waals surface area contributed by atoms with Gasteiger partial charge in [-0.25, -0.2) is 4.98 Å². The van der Waals surface area contributed by atoms with Gasteiger partial charge in [0, 0.05) is 17.5 Å². The highest BCUT2D eigenvalue weighted by Gasteiger charge is 2.24. The lowest BCUT2D eigenvalue weighted by Gasteiger charge is -2.28. The lowest BCUT2D eigenvalue weighted by atomic mass is 10.0. The first kappa shape index (κ1) is 19.4. The fraction of sp³-hybridized carbons (Fsp3) is 0.0769. The molecule has 0 saturated heterocycles. The Morgan fingerprint density at radius 2 is 1.52 bits per heavy atom. The second-order valence-corrected chi connectivity index (χ2v) is 8.32. The zero-order valence-electron chi connectivity index (χ0n) is 16.8. The minimum Gasteiger partial charge on any atom is -0.325 e. The summed E-state index contributed by atoms with van der Waals surface area (Å²) in [6.07, 6.45) is 2.09. The van der Waals surface area contributed by atoms with Crippen LogP contribution in [-0.2, 0) is 5.75 Å². The second-order valence-electron chi connectivity index (χ2n) is 7.33. The molecule has 31 heavy (non-hydrogen) atoms. The third-order valence-electron chi connectivity index (χ3n) is 5.23. The minimum atomic E-state index is -0.221. The molecule has 4 nitrogen and oxygen atoms in total. The van der Waals surface area contributed by atoms with Crippen LogP contribution in [0.2, 0.25) is 0 Å². The van der Waals surface area contributed by atoms with E-state index in [1.807, 2.05) is 66.7 Å². The molecule has 5 rings (SSSR count). The fourth-order valence-electron chi connectivity index (χ4n) is 3.71. The van der Waals surface area contributed by atoms with Crippen molar-refractivity contribution in [2.45, 2.75) is 16.8 Å². The normalized spacial score (nSPS) is 15.0. The van der Waals surface area contributed by atoms with Crippen LogP contribution in [-0.4, -0.2) is 9.55 Å². The van der Waals surface area contributed by atoms with E-state index in [4.69, 9.17) is 4.98 Å². The maximum atomic E-state index is 13.2. The summed E-state index contributed by atoms with van der Waals surface area (Å²) in [5.41, 5.74) is 4.20. The standard InChI is InChI=1S/C26H21N3OS/c30-25-17-24(31-18-19-10-4-1-5-11-19)28-26-27-22(20-12-6-2-7-13-20)16-23(29(25)26)21-14-8-3-9-15-21/h1-17,23H,18H2,(H,27,28). The molecule has 0 fully saturated rings. The summed E-state index contributed by atoms with van der Waals surface area (Å²) in [6.45, 7) is 0. The number of hydrogen-bond donors (Lipinski definition) is 1. The highest BCUT2D eigenvalue weighted by atomic mass is 32.2. The van der Waals surface area contributed by atoms with E-state index in [0.29, 0.717) is 11.0 Å². The summed E-state index contributed by atoms with van der Waals surface area (Å²) in [4.78, 5) is 18.0. The largest absolute Gasteiger partial charge is 0.325 e. The molecule has 4 aromatic rings. The van der Waals surface area contributed by atoms with Crippen molar-refractivity contribution in [3.8, 4) is 0 Å². The Hall–Kier alpha value is -3.57. The van der Waals surface area contributed by atoms with Gasteiger partial charge in [0.25, 0.3) is 5.56 Å². The predicted molar refractivity (Wildman–Crippen MR) is 127 cm³/mol. The Kier molecular flexibility index (Phi) is 5.42. The van der Waals surface area contributed by atoms with Crippen molar-refractivity contribution in [3.05, 3.63) is 130 Å². The van der Waals surface area contributed by atoms with Crippen LogP contribution in [0.5, 0.6) is 0 Å². The molecule has 1 aliphatic heterocycles. The van der Waals surface area contributed by atoms with Crippen LogP contribution < -0.4 is 10.9 Å². The number of aromatic nitrogens is 2. The van der Waals surface area contributed by atoms with E-state index in [9.17, 15) is 4.79 Å². The maximum Gasteiger partial charge on any atom is 0.256 e. The zero-order chi connectivity index (χ0) is 21.0. The van der Waals surface area contributed by atoms with Crippen LogP contribution in [0.15, 0.2) is 113 Å². The molecule has 152 valence electrons. The van der Waals surface area contributed by atoms with Crippen LogP contribution in [0.25, 0.3) is 5.70 Å². The highest BCUT2D eigenvalue weighted by Crippen LogP contribution is 2.32. The van der Waals surface area contributed by atoms with Gasteiger partial charge in [0.05, 0.1) is 6.04 Å². The molecule has 0 amide bonds. The maximum absolute atomic E-state index is 13.2. The third-order valence-corrected chi connectivity index (χ3v) is 6.22. The van der Waals surface area contributed by atoms with Gasteiger partial charge in [0.15, 0.2) is 0 Å². The Morgan fingerprint density at radius 3 is 2.23 bits per heavy atom. The van der Waals surface area contributed by atoms with Crippen molar-refractivity contribution in [2.24, 2.45) is 0 Å². The number of rotatable bonds is 5. The van der Waals surface area contributed by atoms with E-state index in [1.165, 1.54) is 5.56 Å². The molecule has 0 bridgehead atoms. The summed E-state index contributed by atoms with van der Waals surface area (Å²) in [6, 6.07) is 31.8. The van der Waals surface area contributed by atoms with E-state index < -0.39 is 0 Å². The number of anilines is 1. The van der Waals surface area contributed by atoms with Crippen LogP contribution in [0.1, 0.15) is 22.7 Å². The van der Waals surface area contributed by atoms with Gasteiger partial charge in [-0.3, -0.25) is 9.36 Å². The molecule has 1 atom stereocenters. The Balaban J connectivity index is 1.55. The summed E-state index contributed by atoms with van der Waals surface area (Å²) < 4.78 is 1.73. The minimum absolute atomic E-state index is 0.0646. The highest BCUT2D eigenvalue weighted by molar-refractivity contribution is 7.98. The molecular weight excluding hydrogens is 402 g/mol. The Labute approximate surface area is 185 Å². The molecule has 0 spiro atoms. The van der Waals surface area contributed by atoms with Gasteiger partial charge in [-0.05, 0) is 22.8 Å². The number of allylic oxidation sites excluding steroid dienone is 1. The number of benzene rings is 3. The average Bonchev–Trinajstić information content (AvgIpc) is 2.84. The molecule has 2 heterocycles. The van der Waals surface area contributed by atoms with Crippen molar-refractivity contribution in [3.63, 3.8) is 0 Å². The van der Waals surface area contributed by atoms with Gasteiger partial charge in [-0.1, -0.05) is 91.0 Å². The molecule has 1 aliphatic rings. The SMILES string of the molecule is O=c1cc(SCc2ccccc2)nc2n1C(c1ccccc1)C=C(c1ccccc1)N2. The number of thioether (sulfide) groups is 1. The Morgan fingerprint density at radius 1 is 0.871 bits per heavy atom. The predicted octanol–water partition coefficient (Wildman–Crippen LogP) is 5.59. The smallest absolute Gasteiger partial charge is 0.256 e. The summed E-state index contributed by atoms with van der Waals surface area (Å²) in [5, 5.41) is 4.11. The van der Waals surface area contributed by atoms with Crippen molar-refractivity contribution < 1.29 is 0 Å². The van der Waals surface area contributed by atoms with Gasteiger partial charge in [-0.15, -0.1) is 11.8 Å². The molecule has 0 saturated carbocycles. The second kappa shape index (κ2) is 8.66. The fourth-order valence-corrected chi connectivity index (χ4v) is 4.55. The lowest BCUT2D eigenvalue weighted by Crippen LogP contribution is -2.31. The van der Waals surface area contributed by atoms with Crippen LogP contribution in [0.4, 0.5) is 5.95 Å². The molecule has 1 N–H and O–H groups in total. The van der Waals surface area contributed by atoms with Gasteiger partial charge < -0.3 is 5.32 Å². The van der Waals surface area contributed by atoms with E-state index in [1.54, 1.807) is 22.4 Å². The molecular formula is C26H21N3OS. The van der Waals surface area contributed by atoms with Gasteiger partial charge in [-0.2, -0.15) is 0 Å². The lowest BCUT2D eigenvalue weighted by molar-refractivity contribution is 0.647. The third kappa shape index (κ3) is 4.18. The molecule has 1 aromatic heterocycles. The van der Waals surface area contributed by atoms with Crippen LogP contribution in [0, 0.1) is 0 Å². The van der Waals surface area contributed by atoms with Gasteiger partial charge >= 0.3 is 0 Å². The number of nitrogens with one attached hydrogen (secondary N) is 1. The quantitative estimate of drug-likeness (QED) is 0.336. The van der Waals surface area contributed by atoms with E-state index in [-0.39, 0.29) is 11.6 Å². The van der Waals surface area contributed by atoms with Crippen molar-refractivity contribution >= 4 is 23.4 Å². The first-order chi connectivity index (χ1) is 15.3. The van der Waals surface area contributed by atoms with E-state index in [0.717, 1.165) is 22.6 Å². The first-order valence-corrected chi connectivity index (χ1v) is 11.2. The number of nitrogens with zero attached hydrogens (tertiary/aromatic N) is 2. The monoisotopic (exact) mass is 423 g/mol. The van der Waals surface area contributed by atoms with E-state index >= 15 is 0 Å².